The molecule has 0 aliphatic rings. The van der Waals surface area contributed by atoms with E-state index in [1.54, 1.807) is 110 Å². The molecule has 0 fully saturated rings. The Labute approximate surface area is 781 Å². The zero-order valence-corrected chi connectivity index (χ0v) is 75.5. The molecule has 0 radical (unpaired) electrons. The second kappa shape index (κ2) is 52.7. The first-order valence-electron chi connectivity index (χ1n) is 45.9. The molecule has 0 spiro atoms. The SMILES string of the molecule is NCCCC[C@@H](NC(=O)c1ccccc1N)C(=O)N[C@H](CCCCN)C(=O)N[C@H](Cc1c[nH]c2ccccc12)C(=O)N[C@H](Cc1c[nH]c2ccccc12)C(=O)N[C@H](CCCCN)C(=O)N[C@H](CCCCN)C(=O)N[C@H](Cc1c[nH]c2ccccc12)C(=O)N[C@@H](C(=O)N[C@H](CCCCN)C(=O)N[C@H](CCCCNc1ccc([N+](=O)[O-])cc1[N+](=O)[O-])C(N)=O)C(c1ccccc1)c1ccccc1. The van der Waals surface area contributed by atoms with Gasteiger partial charge in [-0.05, 0) is 213 Å². The van der Waals surface area contributed by atoms with Crippen LogP contribution < -0.4 is 98.6 Å². The van der Waals surface area contributed by atoms with Gasteiger partial charge in [-0.3, -0.25) is 73.0 Å². The number of nitrogens with two attached hydrogens (primary N) is 7. The second-order valence-corrected chi connectivity index (χ2v) is 33.5. The molecule has 10 atom stereocenters. The summed E-state index contributed by atoms with van der Waals surface area (Å²) in [6.45, 7) is 1.23. The van der Waals surface area contributed by atoms with E-state index in [2.05, 4.69) is 73.4 Å². The molecule has 7 aromatic carbocycles. The maximum Gasteiger partial charge on any atom is 0.299 e. The number of rotatable bonds is 58. The van der Waals surface area contributed by atoms with Gasteiger partial charge in [0, 0.05) is 94.8 Å². The van der Waals surface area contributed by atoms with Crippen LogP contribution in [0.5, 0.6) is 0 Å². The van der Waals surface area contributed by atoms with Crippen LogP contribution in [0.3, 0.4) is 0 Å². The third-order valence-corrected chi connectivity index (χ3v) is 23.8. The van der Waals surface area contributed by atoms with Crippen molar-refractivity contribution in [2.75, 3.05) is 50.3 Å². The molecular weight excluding hydrogens is 1730 g/mol. The molecule has 10 aromatic rings. The van der Waals surface area contributed by atoms with E-state index in [1.807, 2.05) is 60.7 Å². The van der Waals surface area contributed by atoms with Crippen LogP contribution in [-0.2, 0) is 67.2 Å². The van der Waals surface area contributed by atoms with Crippen LogP contribution in [0, 0.1) is 20.2 Å². The zero-order chi connectivity index (χ0) is 96.7. The Kier molecular flexibility index (Phi) is 40.1. The number of primary amides is 1. The van der Waals surface area contributed by atoms with Crippen LogP contribution in [0.2, 0.25) is 0 Å². The van der Waals surface area contributed by atoms with Gasteiger partial charge in [0.15, 0.2) is 0 Å². The maximum atomic E-state index is 16.1. The maximum absolute atomic E-state index is 16.1. The van der Waals surface area contributed by atoms with E-state index in [9.17, 15) is 39.4 Å². The summed E-state index contributed by atoms with van der Waals surface area (Å²) in [6, 6.07) is 34.7. The summed E-state index contributed by atoms with van der Waals surface area (Å²) in [5.74, 6) is -10.0. The van der Waals surface area contributed by atoms with Crippen LogP contribution in [0.4, 0.5) is 22.7 Å². The van der Waals surface area contributed by atoms with Gasteiger partial charge in [-0.2, -0.15) is 0 Å². The molecule has 38 nitrogen and oxygen atoms in total. The van der Waals surface area contributed by atoms with Crippen LogP contribution in [-0.4, -0.2) is 189 Å². The summed E-state index contributed by atoms with van der Waals surface area (Å²) in [5, 5.41) is 57.2. The predicted octanol–water partition coefficient (Wildman–Crippen LogP) is 5.96. The number of hydrogen-bond acceptors (Lipinski definition) is 22. The highest BCUT2D eigenvalue weighted by Crippen LogP contribution is 2.32. The molecule has 10 rings (SSSR count). The molecule has 38 heteroatoms. The Morgan fingerprint density at radius 3 is 1.02 bits per heavy atom. The number of fused-ring (bicyclic) bond motifs is 3. The lowest BCUT2D eigenvalue weighted by atomic mass is 9.84. The predicted molar refractivity (Wildman–Crippen MR) is 516 cm³/mol. The number of anilines is 2. The van der Waals surface area contributed by atoms with Crippen molar-refractivity contribution in [3.8, 4) is 0 Å². The number of aromatic amines is 3. The smallest absolute Gasteiger partial charge is 0.299 e. The van der Waals surface area contributed by atoms with Crippen molar-refractivity contribution < 1.29 is 62.6 Å². The number of nitro benzene ring substituents is 2. The average Bonchev–Trinajstić information content (AvgIpc) is 1.76. The first kappa shape index (κ1) is 103. The minimum Gasteiger partial charge on any atom is -0.398 e. The molecule has 11 amide bonds. The molecular formula is C97H125N23O15. The Hall–Kier alpha value is -14.5. The Morgan fingerprint density at radius 2 is 0.652 bits per heavy atom. The van der Waals surface area contributed by atoms with Crippen LogP contribution in [0.25, 0.3) is 32.7 Å². The van der Waals surface area contributed by atoms with Crippen molar-refractivity contribution in [2.45, 2.75) is 201 Å². The van der Waals surface area contributed by atoms with Gasteiger partial charge in [-0.1, -0.05) is 127 Å². The summed E-state index contributed by atoms with van der Waals surface area (Å²) in [7, 11) is 0. The number of para-hydroxylation sites is 4. The molecule has 3 heterocycles. The van der Waals surface area contributed by atoms with Gasteiger partial charge in [0.2, 0.25) is 59.1 Å². The van der Waals surface area contributed by atoms with Gasteiger partial charge in [0.1, 0.15) is 66.1 Å². The van der Waals surface area contributed by atoms with Crippen molar-refractivity contribution in [2.24, 2.45) is 34.4 Å². The van der Waals surface area contributed by atoms with E-state index in [4.69, 9.17) is 40.1 Å². The van der Waals surface area contributed by atoms with Gasteiger partial charge in [-0.15, -0.1) is 0 Å². The van der Waals surface area contributed by atoms with E-state index < -0.39 is 153 Å². The first-order chi connectivity index (χ1) is 65.3. The fourth-order valence-electron chi connectivity index (χ4n) is 16.5. The summed E-state index contributed by atoms with van der Waals surface area (Å²) >= 11 is 0. The standard InChI is InChI=1S/C97H125N23O15/c98-47-21-15-40-76(110-88(122)69-34-7-11-35-70(69)103)90(124)111-78(42-17-23-49-100)92(126)115-82(54-63-58-107-72-37-13-9-32-67(63)72)95(129)117-81(53-62-57-106-71-36-12-8-31-66(62)71)94(128)113-77(41-16-22-48-99)91(125)112-79(43-18-24-50-101)93(127)116-83(55-64-59-108-73-38-14-10-33-68(64)73)96(130)118-86(85(60-27-3-1-4-28-60)61-29-5-2-6-30-61)97(131)114-80(44-19-25-51-102)89(123)109-75(87(104)121)39-20-26-52-105-74-46-45-65(119(132)133)56-84(74)120(134)135/h1-14,27-38,45-46,56-59,75-83,85-86,105-108H,15-26,39-44,47-55,98-103H2,(H2,104,121)(H,109,123)(H,110,122)(H,111,124)(H,112,125)(H,113,128)(H,114,131)(H,115,126)(H,116,127)(H,117,129)(H,118,130)/t75-,76-,77-,78-,79-,80-,81-,82-,83-,86-/m1/s1. The highest BCUT2D eigenvalue weighted by molar-refractivity contribution is 6.03. The van der Waals surface area contributed by atoms with E-state index in [0.717, 1.165) is 12.1 Å². The number of benzene rings is 7. The normalized spacial score (nSPS) is 13.6. The molecule has 0 aliphatic carbocycles. The van der Waals surface area contributed by atoms with Gasteiger partial charge >= 0.3 is 0 Å². The number of nitrogens with one attached hydrogen (secondary N) is 14. The molecule has 0 saturated carbocycles. The number of carbonyl (C=O) groups excluding carboxylic acids is 11. The van der Waals surface area contributed by atoms with E-state index >= 15 is 33.6 Å². The number of carbonyl (C=O) groups is 11. The van der Waals surface area contributed by atoms with Crippen LogP contribution in [0.15, 0.2) is 195 Å². The lowest BCUT2D eigenvalue weighted by molar-refractivity contribution is -0.393. The summed E-state index contributed by atoms with van der Waals surface area (Å²) in [6.07, 6.45) is 8.67. The van der Waals surface area contributed by atoms with Crippen molar-refractivity contribution >= 4 is 120 Å². The van der Waals surface area contributed by atoms with E-state index in [-0.39, 0.29) is 133 Å². The quantitative estimate of drug-likeness (QED) is 0.00904. The Morgan fingerprint density at radius 1 is 0.333 bits per heavy atom. The Balaban J connectivity index is 0.945. The van der Waals surface area contributed by atoms with Crippen molar-refractivity contribution in [1.29, 1.82) is 0 Å². The average molecular weight is 1850 g/mol. The third kappa shape index (κ3) is 30.0. The zero-order valence-electron chi connectivity index (χ0n) is 75.5. The number of non-ortho nitro benzene ring substituents is 1. The molecule has 718 valence electrons. The van der Waals surface area contributed by atoms with Crippen LogP contribution in [0.1, 0.15) is 160 Å². The van der Waals surface area contributed by atoms with E-state index in [1.165, 1.54) is 12.1 Å². The molecule has 0 unspecified atom stereocenters. The number of unbranched alkanes of at least 4 members (excludes halogenated alkanes) is 6. The van der Waals surface area contributed by atoms with Crippen molar-refractivity contribution in [3.63, 3.8) is 0 Å². The fourth-order valence-corrected chi connectivity index (χ4v) is 16.5. The lowest BCUT2D eigenvalue weighted by Gasteiger charge is -2.32. The van der Waals surface area contributed by atoms with Gasteiger partial charge in [0.05, 0.1) is 21.5 Å². The number of nitro groups is 2. The molecule has 0 bridgehead atoms. The molecule has 0 aliphatic heterocycles. The van der Waals surface area contributed by atoms with Gasteiger partial charge < -0.3 is 114 Å². The minimum atomic E-state index is -1.62. The topological polar surface area (TPSA) is 636 Å². The molecule has 135 heavy (non-hydrogen) atoms. The number of nitrogen functional groups attached to an aromatic ring is 1. The van der Waals surface area contributed by atoms with Crippen molar-refractivity contribution in [3.05, 3.63) is 248 Å². The number of H-pyrrole nitrogens is 3. The first-order valence-corrected chi connectivity index (χ1v) is 45.9. The highest BCUT2D eigenvalue weighted by Gasteiger charge is 2.40. The second-order valence-electron chi connectivity index (χ2n) is 33.5. The van der Waals surface area contributed by atoms with Crippen LogP contribution >= 0.6 is 0 Å². The monoisotopic (exact) mass is 1850 g/mol. The van der Waals surface area contributed by atoms with Crippen molar-refractivity contribution in [1.82, 2.24) is 68.1 Å². The molecule has 28 N–H and O–H groups in total. The van der Waals surface area contributed by atoms with Gasteiger partial charge in [0.25, 0.3) is 17.3 Å². The number of hydrogen-bond donors (Lipinski definition) is 21. The molecule has 0 saturated heterocycles. The largest absolute Gasteiger partial charge is 0.398 e. The number of nitrogens with zero attached hydrogens (tertiary/aromatic N) is 2. The minimum absolute atomic E-state index is 0.0186. The number of aromatic nitrogens is 3. The number of amides is 11. The summed E-state index contributed by atoms with van der Waals surface area (Å²) in [5.41, 5.74) is 46.4. The summed E-state index contributed by atoms with van der Waals surface area (Å²) in [4.78, 5) is 198. The van der Waals surface area contributed by atoms with E-state index in [0.29, 0.717) is 118 Å². The fraction of sp³-hybridized carbons (Fsp3) is 0.392. The highest BCUT2D eigenvalue weighted by atomic mass is 16.6. The molecule has 3 aromatic heterocycles. The lowest BCUT2D eigenvalue weighted by Crippen LogP contribution is -2.61. The third-order valence-electron chi connectivity index (χ3n) is 23.8. The summed E-state index contributed by atoms with van der Waals surface area (Å²) < 4.78 is 0. The van der Waals surface area contributed by atoms with Gasteiger partial charge in [-0.25, -0.2) is 0 Å². The Bertz CT molecular complexity index is 5620.